The lowest BCUT2D eigenvalue weighted by atomic mass is 10.1. The van der Waals surface area contributed by atoms with Gasteiger partial charge in [-0.3, -0.25) is 14.4 Å². The Morgan fingerprint density at radius 2 is 2.04 bits per heavy atom. The van der Waals surface area contributed by atoms with Crippen molar-refractivity contribution in [2.75, 3.05) is 18.0 Å². The van der Waals surface area contributed by atoms with Crippen molar-refractivity contribution in [1.82, 2.24) is 5.32 Å². The molecule has 0 spiro atoms. The Hall–Kier alpha value is -1.79. The summed E-state index contributed by atoms with van der Waals surface area (Å²) in [4.78, 5) is 37.4. The van der Waals surface area contributed by atoms with Gasteiger partial charge in [-0.15, -0.1) is 0 Å². The van der Waals surface area contributed by atoms with Gasteiger partial charge < -0.3 is 15.3 Å². The van der Waals surface area contributed by atoms with Gasteiger partial charge in [0, 0.05) is 18.1 Å². The second-order valence-electron chi connectivity index (χ2n) is 6.23. The largest absolute Gasteiger partial charge is 0.481 e. The fourth-order valence-electron chi connectivity index (χ4n) is 2.85. The van der Waals surface area contributed by atoms with Crippen LogP contribution in [0.15, 0.2) is 18.2 Å². The number of nitrogens with zero attached hydrogens (tertiary/aromatic N) is 1. The topological polar surface area (TPSA) is 86.7 Å². The first-order valence-corrected chi connectivity index (χ1v) is 8.37. The van der Waals surface area contributed by atoms with E-state index in [0.29, 0.717) is 41.5 Å². The summed E-state index contributed by atoms with van der Waals surface area (Å²) in [7, 11) is 0. The minimum atomic E-state index is -0.909. The molecule has 1 aliphatic carbocycles. The molecule has 0 radical (unpaired) electrons. The average Bonchev–Trinajstić information content (AvgIpc) is 3.25. The van der Waals surface area contributed by atoms with Crippen molar-refractivity contribution >= 4 is 46.7 Å². The van der Waals surface area contributed by atoms with E-state index in [1.807, 2.05) is 0 Å². The molecule has 1 atom stereocenters. The molecular weight excluding hydrogens is 355 g/mol. The molecule has 2 amide bonds. The molecule has 0 aromatic heterocycles. The van der Waals surface area contributed by atoms with Crippen LogP contribution in [0.2, 0.25) is 10.0 Å². The Morgan fingerprint density at radius 1 is 1.33 bits per heavy atom. The van der Waals surface area contributed by atoms with Crippen LogP contribution in [0.3, 0.4) is 0 Å². The quantitative estimate of drug-likeness (QED) is 0.778. The molecule has 8 heteroatoms. The number of rotatable bonds is 5. The number of carbonyl (C=O) groups is 3. The van der Waals surface area contributed by atoms with Gasteiger partial charge in [-0.25, -0.2) is 0 Å². The highest BCUT2D eigenvalue weighted by Crippen LogP contribution is 2.45. The van der Waals surface area contributed by atoms with Crippen LogP contribution in [0, 0.1) is 11.3 Å². The highest BCUT2D eigenvalue weighted by Gasteiger charge is 2.51. The number of halogens is 2. The minimum absolute atomic E-state index is 0.0584. The van der Waals surface area contributed by atoms with Gasteiger partial charge in [0.25, 0.3) is 0 Å². The summed E-state index contributed by atoms with van der Waals surface area (Å²) in [5.41, 5.74) is -0.374. The molecule has 2 aliphatic rings. The number of hydrogen-bond donors (Lipinski definition) is 2. The Kier molecular flexibility index (Phi) is 4.44. The van der Waals surface area contributed by atoms with E-state index in [1.54, 1.807) is 18.2 Å². The second kappa shape index (κ2) is 6.26. The third-order valence-corrected chi connectivity index (χ3v) is 5.18. The van der Waals surface area contributed by atoms with Gasteiger partial charge in [0.05, 0.1) is 16.1 Å². The van der Waals surface area contributed by atoms with E-state index < -0.39 is 23.2 Å². The lowest BCUT2D eigenvalue weighted by molar-refractivity contribution is -0.143. The van der Waals surface area contributed by atoms with Crippen LogP contribution >= 0.6 is 23.2 Å². The van der Waals surface area contributed by atoms with Crippen LogP contribution in [-0.2, 0) is 14.4 Å². The monoisotopic (exact) mass is 370 g/mol. The molecule has 1 saturated heterocycles. The maximum absolute atomic E-state index is 12.5. The first kappa shape index (κ1) is 17.0. The predicted molar refractivity (Wildman–Crippen MR) is 89.2 cm³/mol. The SMILES string of the molecule is O=C(NCC1(C(=O)O)CC1)C1CCN(c2cc(Cl)ccc2Cl)C1=O. The molecule has 1 saturated carbocycles. The van der Waals surface area contributed by atoms with Crippen LogP contribution in [0.1, 0.15) is 19.3 Å². The number of amides is 2. The van der Waals surface area contributed by atoms with E-state index >= 15 is 0 Å². The molecule has 2 N–H and O–H groups in total. The van der Waals surface area contributed by atoms with E-state index in [1.165, 1.54) is 4.90 Å². The van der Waals surface area contributed by atoms with Gasteiger partial charge in [-0.1, -0.05) is 23.2 Å². The standard InChI is InChI=1S/C16H16Cl2N2O4/c17-9-1-2-11(18)12(7-9)20-6-3-10(14(20)22)13(21)19-8-16(4-5-16)15(23)24/h1-2,7,10H,3-6,8H2,(H,19,21)(H,23,24). The lowest BCUT2D eigenvalue weighted by Crippen LogP contribution is -2.40. The highest BCUT2D eigenvalue weighted by molar-refractivity contribution is 6.36. The summed E-state index contributed by atoms with van der Waals surface area (Å²) in [6.45, 7) is 0.421. The van der Waals surface area contributed by atoms with Crippen molar-refractivity contribution in [3.8, 4) is 0 Å². The zero-order chi connectivity index (χ0) is 17.5. The van der Waals surface area contributed by atoms with Crippen molar-refractivity contribution in [3.05, 3.63) is 28.2 Å². The number of anilines is 1. The predicted octanol–water partition coefficient (Wildman–Crippen LogP) is 2.33. The molecule has 3 rings (SSSR count). The average molecular weight is 371 g/mol. The van der Waals surface area contributed by atoms with E-state index in [9.17, 15) is 14.4 Å². The molecule has 128 valence electrons. The molecular formula is C16H16Cl2N2O4. The van der Waals surface area contributed by atoms with E-state index in [4.69, 9.17) is 28.3 Å². The zero-order valence-corrected chi connectivity index (χ0v) is 14.2. The first-order valence-electron chi connectivity index (χ1n) is 7.62. The lowest BCUT2D eigenvalue weighted by Gasteiger charge is -2.19. The summed E-state index contributed by atoms with van der Waals surface area (Å²) in [6.07, 6.45) is 1.45. The van der Waals surface area contributed by atoms with Crippen molar-refractivity contribution in [3.63, 3.8) is 0 Å². The smallest absolute Gasteiger partial charge is 0.311 e. The summed E-state index contributed by atoms with van der Waals surface area (Å²) in [5, 5.41) is 12.6. The minimum Gasteiger partial charge on any atom is -0.481 e. The van der Waals surface area contributed by atoms with Crippen LogP contribution in [0.4, 0.5) is 5.69 Å². The van der Waals surface area contributed by atoms with Gasteiger partial charge in [0.1, 0.15) is 5.92 Å². The fraction of sp³-hybridized carbons (Fsp3) is 0.438. The van der Waals surface area contributed by atoms with Crippen molar-refractivity contribution in [1.29, 1.82) is 0 Å². The van der Waals surface area contributed by atoms with E-state index in [0.717, 1.165) is 0 Å². The van der Waals surface area contributed by atoms with Crippen LogP contribution in [-0.4, -0.2) is 36.0 Å². The third kappa shape index (κ3) is 3.08. The number of nitrogens with one attached hydrogen (secondary N) is 1. The van der Waals surface area contributed by atoms with Crippen molar-refractivity contribution in [2.24, 2.45) is 11.3 Å². The van der Waals surface area contributed by atoms with Crippen LogP contribution < -0.4 is 10.2 Å². The molecule has 1 aliphatic heterocycles. The Bertz CT molecular complexity index is 718. The van der Waals surface area contributed by atoms with Gasteiger partial charge in [0.15, 0.2) is 0 Å². The molecule has 24 heavy (non-hydrogen) atoms. The Balaban J connectivity index is 1.66. The number of benzene rings is 1. The van der Waals surface area contributed by atoms with Crippen molar-refractivity contribution in [2.45, 2.75) is 19.3 Å². The highest BCUT2D eigenvalue weighted by atomic mass is 35.5. The molecule has 0 bridgehead atoms. The zero-order valence-electron chi connectivity index (χ0n) is 12.7. The molecule has 1 aromatic rings. The summed E-state index contributed by atoms with van der Waals surface area (Å²) < 4.78 is 0. The van der Waals surface area contributed by atoms with Crippen molar-refractivity contribution < 1.29 is 19.5 Å². The summed E-state index contributed by atoms with van der Waals surface area (Å²) in [6, 6.07) is 4.81. The van der Waals surface area contributed by atoms with Gasteiger partial charge in [-0.05, 0) is 37.5 Å². The van der Waals surface area contributed by atoms with E-state index in [2.05, 4.69) is 5.32 Å². The molecule has 2 fully saturated rings. The summed E-state index contributed by atoms with van der Waals surface area (Å²) >= 11 is 12.1. The number of carbonyl (C=O) groups excluding carboxylic acids is 2. The van der Waals surface area contributed by atoms with Gasteiger partial charge in [0.2, 0.25) is 11.8 Å². The molecule has 6 nitrogen and oxygen atoms in total. The molecule has 1 aromatic carbocycles. The van der Waals surface area contributed by atoms with Crippen LogP contribution in [0.25, 0.3) is 0 Å². The second-order valence-corrected chi connectivity index (χ2v) is 7.07. The molecule has 1 unspecified atom stereocenters. The Labute approximate surface area is 148 Å². The fourth-order valence-corrected chi connectivity index (χ4v) is 3.24. The van der Waals surface area contributed by atoms with Gasteiger partial charge >= 0.3 is 5.97 Å². The first-order chi connectivity index (χ1) is 11.3. The van der Waals surface area contributed by atoms with Crippen LogP contribution in [0.5, 0.6) is 0 Å². The summed E-state index contributed by atoms with van der Waals surface area (Å²) in [5.74, 6) is -2.53. The number of hydrogen-bond acceptors (Lipinski definition) is 3. The number of aliphatic carboxylic acids is 1. The van der Waals surface area contributed by atoms with Gasteiger partial charge in [-0.2, -0.15) is 0 Å². The maximum Gasteiger partial charge on any atom is 0.311 e. The third-order valence-electron chi connectivity index (χ3n) is 4.63. The maximum atomic E-state index is 12.5. The van der Waals surface area contributed by atoms with E-state index in [-0.39, 0.29) is 12.5 Å². The molecule has 1 heterocycles. The normalized spacial score (nSPS) is 21.7. The Morgan fingerprint density at radius 3 is 2.67 bits per heavy atom. The number of carboxylic acids is 1. The number of carboxylic acid groups (broad SMARTS) is 1.